The molecule has 0 aromatic rings. The van der Waals surface area contributed by atoms with E-state index in [0.29, 0.717) is 5.92 Å². The minimum atomic E-state index is -0.852. The highest BCUT2D eigenvalue weighted by molar-refractivity contribution is 5.88. The molecule has 2 aliphatic rings. The molecule has 6 nitrogen and oxygen atoms in total. The lowest BCUT2D eigenvalue weighted by molar-refractivity contribution is -0.145. The van der Waals surface area contributed by atoms with E-state index >= 15 is 0 Å². The number of hydrogen-bond donors (Lipinski definition) is 3. The van der Waals surface area contributed by atoms with Crippen molar-refractivity contribution in [3.63, 3.8) is 0 Å². The van der Waals surface area contributed by atoms with E-state index < -0.39 is 11.7 Å². The summed E-state index contributed by atoms with van der Waals surface area (Å²) in [4.78, 5) is 22.7. The van der Waals surface area contributed by atoms with E-state index in [9.17, 15) is 14.7 Å². The van der Waals surface area contributed by atoms with Crippen LogP contribution in [0, 0.1) is 5.92 Å². The molecule has 0 aromatic heterocycles. The van der Waals surface area contributed by atoms with E-state index in [0.717, 1.165) is 25.7 Å². The molecule has 0 radical (unpaired) electrons. The van der Waals surface area contributed by atoms with Gasteiger partial charge in [0.05, 0.1) is 6.04 Å². The van der Waals surface area contributed by atoms with E-state index in [2.05, 4.69) is 10.6 Å². The third-order valence-electron chi connectivity index (χ3n) is 3.92. The molecule has 1 saturated heterocycles. The van der Waals surface area contributed by atoms with Crippen LogP contribution in [0.1, 0.15) is 46.5 Å². The standard InChI is InChI=1S/C14H24N2O4/c1-14(2,3)20-13(19)15-9-6-4-8(5-7-9)10-11(17)12(18)16-10/h8-11,17H,4-7H2,1-3H3,(H,15,19)(H,16,18)/t8?,9?,10-,11+/m0/s1. The van der Waals surface area contributed by atoms with Crippen LogP contribution in [-0.4, -0.2) is 40.9 Å². The first-order valence-corrected chi connectivity index (χ1v) is 7.24. The van der Waals surface area contributed by atoms with Crippen molar-refractivity contribution in [2.75, 3.05) is 0 Å². The predicted molar refractivity (Wildman–Crippen MR) is 73.1 cm³/mol. The van der Waals surface area contributed by atoms with Gasteiger partial charge in [0, 0.05) is 6.04 Å². The summed E-state index contributed by atoms with van der Waals surface area (Å²) in [6, 6.07) is 0.0130. The van der Waals surface area contributed by atoms with Gasteiger partial charge in [0.2, 0.25) is 0 Å². The van der Waals surface area contributed by atoms with Crippen LogP contribution in [0.3, 0.4) is 0 Å². The molecule has 2 amide bonds. The number of β-lactam (4-membered cyclic amide) rings is 1. The van der Waals surface area contributed by atoms with Crippen LogP contribution in [-0.2, 0) is 9.53 Å². The van der Waals surface area contributed by atoms with Gasteiger partial charge in [-0.2, -0.15) is 0 Å². The van der Waals surface area contributed by atoms with Crippen molar-refractivity contribution in [2.24, 2.45) is 5.92 Å². The fraction of sp³-hybridized carbons (Fsp3) is 0.857. The van der Waals surface area contributed by atoms with E-state index in [4.69, 9.17) is 4.74 Å². The number of carbonyl (C=O) groups is 2. The third-order valence-corrected chi connectivity index (χ3v) is 3.92. The zero-order valence-electron chi connectivity index (χ0n) is 12.3. The van der Waals surface area contributed by atoms with Crippen LogP contribution < -0.4 is 10.6 Å². The van der Waals surface area contributed by atoms with Gasteiger partial charge in [-0.15, -0.1) is 0 Å². The molecule has 20 heavy (non-hydrogen) atoms. The molecular formula is C14H24N2O4. The van der Waals surface area contributed by atoms with E-state index in [1.165, 1.54) is 0 Å². The summed E-state index contributed by atoms with van der Waals surface area (Å²) in [6.07, 6.45) is 2.25. The maximum Gasteiger partial charge on any atom is 0.407 e. The average molecular weight is 284 g/mol. The van der Waals surface area contributed by atoms with Crippen LogP contribution >= 0.6 is 0 Å². The highest BCUT2D eigenvalue weighted by Crippen LogP contribution is 2.31. The highest BCUT2D eigenvalue weighted by atomic mass is 16.6. The Hall–Kier alpha value is -1.30. The van der Waals surface area contributed by atoms with Gasteiger partial charge < -0.3 is 20.5 Å². The maximum absolute atomic E-state index is 11.7. The predicted octanol–water partition coefficient (Wildman–Crippen LogP) is 0.929. The summed E-state index contributed by atoms with van der Waals surface area (Å²) in [5.41, 5.74) is -0.485. The normalized spacial score (nSPS) is 33.9. The number of aliphatic hydroxyl groups excluding tert-OH is 1. The fourth-order valence-corrected chi connectivity index (χ4v) is 2.87. The van der Waals surface area contributed by atoms with E-state index in [1.54, 1.807) is 0 Å². The summed E-state index contributed by atoms with van der Waals surface area (Å²) in [7, 11) is 0. The van der Waals surface area contributed by atoms with Gasteiger partial charge in [-0.1, -0.05) is 0 Å². The van der Waals surface area contributed by atoms with Gasteiger partial charge >= 0.3 is 6.09 Å². The number of ether oxygens (including phenoxy) is 1. The molecule has 2 atom stereocenters. The SMILES string of the molecule is CC(C)(C)OC(=O)NC1CCC([C@@H]2NC(=O)[C@@H]2O)CC1. The van der Waals surface area contributed by atoms with E-state index in [1.807, 2.05) is 20.8 Å². The van der Waals surface area contributed by atoms with Crippen molar-refractivity contribution < 1.29 is 19.4 Å². The molecule has 0 unspecified atom stereocenters. The number of amides is 2. The molecule has 0 aromatic carbocycles. The number of alkyl carbamates (subject to hydrolysis) is 1. The quantitative estimate of drug-likeness (QED) is 0.658. The summed E-state index contributed by atoms with van der Waals surface area (Å²) in [5, 5.41) is 15.2. The minimum absolute atomic E-state index is 0.107. The molecule has 0 bridgehead atoms. The van der Waals surface area contributed by atoms with Gasteiger partial charge in [0.15, 0.2) is 6.10 Å². The molecule has 1 aliphatic carbocycles. The van der Waals surface area contributed by atoms with Crippen LogP contribution in [0.2, 0.25) is 0 Å². The lowest BCUT2D eigenvalue weighted by Gasteiger charge is -2.41. The summed E-state index contributed by atoms with van der Waals surface area (Å²) < 4.78 is 5.23. The first-order valence-electron chi connectivity index (χ1n) is 7.24. The Morgan fingerprint density at radius 3 is 2.35 bits per heavy atom. The Morgan fingerprint density at radius 1 is 1.30 bits per heavy atom. The molecule has 2 fully saturated rings. The lowest BCUT2D eigenvalue weighted by atomic mass is 9.77. The van der Waals surface area contributed by atoms with Gasteiger partial charge in [-0.3, -0.25) is 4.79 Å². The molecule has 3 N–H and O–H groups in total. The Morgan fingerprint density at radius 2 is 1.90 bits per heavy atom. The average Bonchev–Trinajstić information content (AvgIpc) is 2.34. The number of nitrogens with one attached hydrogen (secondary N) is 2. The fourth-order valence-electron chi connectivity index (χ4n) is 2.87. The number of rotatable bonds is 2. The summed E-state index contributed by atoms with van der Waals surface area (Å²) in [6.45, 7) is 5.51. The van der Waals surface area contributed by atoms with Crippen LogP contribution in [0.5, 0.6) is 0 Å². The topological polar surface area (TPSA) is 87.7 Å². The second-order valence-corrected chi connectivity index (χ2v) is 6.74. The van der Waals surface area contributed by atoms with Gasteiger partial charge in [-0.25, -0.2) is 4.79 Å². The smallest absolute Gasteiger partial charge is 0.407 e. The molecule has 0 spiro atoms. The van der Waals surface area contributed by atoms with Crippen LogP contribution in [0.25, 0.3) is 0 Å². The minimum Gasteiger partial charge on any atom is -0.444 e. The van der Waals surface area contributed by atoms with Crippen molar-refractivity contribution in [2.45, 2.75) is 70.2 Å². The monoisotopic (exact) mass is 284 g/mol. The van der Waals surface area contributed by atoms with Crippen LogP contribution in [0.15, 0.2) is 0 Å². The van der Waals surface area contributed by atoms with Gasteiger partial charge in [0.25, 0.3) is 5.91 Å². The Kier molecular flexibility index (Phi) is 4.22. The molecule has 2 rings (SSSR count). The summed E-state index contributed by atoms with van der Waals surface area (Å²) >= 11 is 0. The first-order chi connectivity index (χ1) is 9.26. The van der Waals surface area contributed by atoms with Crippen molar-refractivity contribution in [1.82, 2.24) is 10.6 Å². The Labute approximate surface area is 119 Å². The van der Waals surface area contributed by atoms with Crippen LogP contribution in [0.4, 0.5) is 4.79 Å². The Balaban J connectivity index is 1.72. The number of hydrogen-bond acceptors (Lipinski definition) is 4. The van der Waals surface area contributed by atoms with E-state index in [-0.39, 0.29) is 24.1 Å². The maximum atomic E-state index is 11.7. The van der Waals surface area contributed by atoms with Crippen molar-refractivity contribution in [3.8, 4) is 0 Å². The highest BCUT2D eigenvalue weighted by Gasteiger charge is 2.43. The van der Waals surface area contributed by atoms with Gasteiger partial charge in [0.1, 0.15) is 5.60 Å². The largest absolute Gasteiger partial charge is 0.444 e. The Bertz CT molecular complexity index is 383. The van der Waals surface area contributed by atoms with Gasteiger partial charge in [-0.05, 0) is 52.4 Å². The van der Waals surface area contributed by atoms with Crippen molar-refractivity contribution in [3.05, 3.63) is 0 Å². The zero-order valence-corrected chi connectivity index (χ0v) is 12.3. The third kappa shape index (κ3) is 3.62. The zero-order chi connectivity index (χ0) is 14.9. The summed E-state index contributed by atoms with van der Waals surface area (Å²) in [5.74, 6) is 0.0309. The molecule has 6 heteroatoms. The molecule has 1 heterocycles. The first kappa shape index (κ1) is 15.1. The second kappa shape index (κ2) is 5.60. The number of aliphatic hydroxyl groups is 1. The van der Waals surface area contributed by atoms with Crippen molar-refractivity contribution in [1.29, 1.82) is 0 Å². The molecular weight excluding hydrogens is 260 g/mol. The second-order valence-electron chi connectivity index (χ2n) is 6.74. The number of carbonyl (C=O) groups excluding carboxylic acids is 2. The molecule has 1 aliphatic heterocycles. The molecule has 1 saturated carbocycles. The lowest BCUT2D eigenvalue weighted by Crippen LogP contribution is -2.65. The molecule has 114 valence electrons. The van der Waals surface area contributed by atoms with Crippen molar-refractivity contribution >= 4 is 12.0 Å².